The molecule has 1 saturated heterocycles. The van der Waals surface area contributed by atoms with Crippen molar-refractivity contribution in [3.63, 3.8) is 0 Å². The Morgan fingerprint density at radius 1 is 1.74 bits per heavy atom. The third-order valence-corrected chi connectivity index (χ3v) is 3.38. The minimum Gasteiger partial charge on any atom is -0.394 e. The number of anilines is 1. The lowest BCUT2D eigenvalue weighted by Crippen LogP contribution is -2.39. The molecule has 0 saturated carbocycles. The van der Waals surface area contributed by atoms with E-state index in [0.717, 1.165) is 4.57 Å². The molecule has 1 fully saturated rings. The van der Waals surface area contributed by atoms with Crippen LogP contribution in [0.4, 0.5) is 5.82 Å². The van der Waals surface area contributed by atoms with Gasteiger partial charge in [-0.05, 0) is 13.0 Å². The Balaban J connectivity index is 2.49. The number of aliphatic hydroxyl groups excluding tert-OH is 2. The summed E-state index contributed by atoms with van der Waals surface area (Å²) < 4.78 is 6.64. The highest BCUT2D eigenvalue weighted by Gasteiger charge is 2.53. The fourth-order valence-corrected chi connectivity index (χ4v) is 2.17. The van der Waals surface area contributed by atoms with Gasteiger partial charge in [-0.3, -0.25) is 4.57 Å². The van der Waals surface area contributed by atoms with Crippen molar-refractivity contribution in [3.8, 4) is 12.3 Å². The van der Waals surface area contributed by atoms with Gasteiger partial charge in [-0.25, -0.2) is 4.79 Å². The molecule has 1 aliphatic heterocycles. The number of rotatable bonds is 2. The molecule has 7 nitrogen and oxygen atoms in total. The number of terminal acetylenes is 1. The predicted molar refractivity (Wildman–Crippen MR) is 66.9 cm³/mol. The molecule has 4 N–H and O–H groups in total. The molecule has 1 aromatic rings. The highest BCUT2D eigenvalue weighted by molar-refractivity contribution is 5.24. The molecule has 19 heavy (non-hydrogen) atoms. The molecule has 4 unspecified atom stereocenters. The normalized spacial score (nSPS) is 34.1. The summed E-state index contributed by atoms with van der Waals surface area (Å²) in [5, 5.41) is 19.3. The van der Waals surface area contributed by atoms with Gasteiger partial charge in [0.05, 0.1) is 6.61 Å². The summed E-state index contributed by atoms with van der Waals surface area (Å²) in [5.74, 6) is 2.52. The van der Waals surface area contributed by atoms with E-state index in [1.54, 1.807) is 6.92 Å². The smallest absolute Gasteiger partial charge is 0.351 e. The number of aliphatic hydroxyl groups is 2. The molecule has 7 heteroatoms. The van der Waals surface area contributed by atoms with E-state index in [2.05, 4.69) is 10.9 Å². The summed E-state index contributed by atoms with van der Waals surface area (Å²) in [7, 11) is 0. The predicted octanol–water partition coefficient (Wildman–Crippen LogP) is -1.28. The van der Waals surface area contributed by atoms with Gasteiger partial charge >= 0.3 is 5.69 Å². The van der Waals surface area contributed by atoms with Crippen molar-refractivity contribution in [1.29, 1.82) is 0 Å². The average molecular weight is 265 g/mol. The number of hydrogen-bond acceptors (Lipinski definition) is 6. The van der Waals surface area contributed by atoms with Crippen LogP contribution >= 0.6 is 0 Å². The van der Waals surface area contributed by atoms with Crippen LogP contribution in [0.25, 0.3) is 0 Å². The second-order valence-corrected chi connectivity index (χ2v) is 4.62. The molecule has 0 amide bonds. The summed E-state index contributed by atoms with van der Waals surface area (Å²) in [5.41, 5.74) is 3.64. The average Bonchev–Trinajstić information content (AvgIpc) is 2.63. The Hall–Kier alpha value is -1.88. The van der Waals surface area contributed by atoms with Crippen molar-refractivity contribution >= 4 is 5.82 Å². The van der Waals surface area contributed by atoms with E-state index in [0.29, 0.717) is 0 Å². The van der Waals surface area contributed by atoms with Crippen molar-refractivity contribution in [3.05, 3.63) is 22.7 Å². The van der Waals surface area contributed by atoms with Crippen LogP contribution in [0.1, 0.15) is 13.2 Å². The zero-order valence-corrected chi connectivity index (χ0v) is 10.4. The van der Waals surface area contributed by atoms with E-state index in [-0.39, 0.29) is 5.82 Å². The molecule has 0 spiro atoms. The summed E-state index contributed by atoms with van der Waals surface area (Å²) in [6.07, 6.45) is 4.00. The van der Waals surface area contributed by atoms with Gasteiger partial charge in [0.15, 0.2) is 6.23 Å². The second-order valence-electron chi connectivity index (χ2n) is 4.62. The monoisotopic (exact) mass is 265 g/mol. The van der Waals surface area contributed by atoms with Crippen LogP contribution in [0.15, 0.2) is 17.1 Å². The van der Waals surface area contributed by atoms with E-state index in [1.165, 1.54) is 12.3 Å². The van der Waals surface area contributed by atoms with Crippen LogP contribution in [-0.2, 0) is 4.74 Å². The minimum absolute atomic E-state index is 0.0842. The van der Waals surface area contributed by atoms with Gasteiger partial charge in [0.25, 0.3) is 0 Å². The standard InChI is InChI=1S/C12H15N3O4/c1-3-12(2)9(17)7(6-16)19-10(12)15-5-4-8(13)14-11(15)18/h1,4-5,7,9-10,16-17H,6H2,2H3,(H2,13,14,18). The Morgan fingerprint density at radius 3 is 2.95 bits per heavy atom. The Labute approximate surface area is 109 Å². The Bertz CT molecular complexity index is 579. The molecule has 102 valence electrons. The summed E-state index contributed by atoms with van der Waals surface area (Å²) in [6, 6.07) is 1.43. The molecule has 0 bridgehead atoms. The van der Waals surface area contributed by atoms with Crippen molar-refractivity contribution < 1.29 is 14.9 Å². The van der Waals surface area contributed by atoms with Crippen molar-refractivity contribution in [2.24, 2.45) is 5.41 Å². The largest absolute Gasteiger partial charge is 0.394 e. The van der Waals surface area contributed by atoms with E-state index >= 15 is 0 Å². The maximum atomic E-state index is 11.8. The maximum Gasteiger partial charge on any atom is 0.351 e. The number of aromatic nitrogens is 2. The minimum atomic E-state index is -1.14. The maximum absolute atomic E-state index is 11.8. The fourth-order valence-electron chi connectivity index (χ4n) is 2.17. The number of nitrogen functional groups attached to an aromatic ring is 1. The topological polar surface area (TPSA) is 111 Å². The first-order valence-corrected chi connectivity index (χ1v) is 5.71. The van der Waals surface area contributed by atoms with Gasteiger partial charge < -0.3 is 20.7 Å². The first-order valence-electron chi connectivity index (χ1n) is 5.71. The third-order valence-electron chi connectivity index (χ3n) is 3.38. The second kappa shape index (κ2) is 4.66. The highest BCUT2D eigenvalue weighted by atomic mass is 16.5. The summed E-state index contributed by atoms with van der Waals surface area (Å²) in [6.45, 7) is 1.19. The first kappa shape index (κ1) is 13.5. The zero-order chi connectivity index (χ0) is 14.2. The highest BCUT2D eigenvalue weighted by Crippen LogP contribution is 2.44. The number of nitrogens with two attached hydrogens (primary N) is 1. The van der Waals surface area contributed by atoms with E-state index < -0.39 is 36.1 Å². The molecule has 0 aromatic carbocycles. The third kappa shape index (κ3) is 2.00. The van der Waals surface area contributed by atoms with E-state index in [9.17, 15) is 9.90 Å². The molecule has 4 atom stereocenters. The number of hydrogen-bond donors (Lipinski definition) is 3. The summed E-state index contributed by atoms with van der Waals surface area (Å²) in [4.78, 5) is 15.4. The lowest BCUT2D eigenvalue weighted by Gasteiger charge is -2.27. The SMILES string of the molecule is C#CC1(C)C(O)C(CO)OC1n1ccc(N)nc1=O. The van der Waals surface area contributed by atoms with Crippen molar-refractivity contribution in [2.75, 3.05) is 12.3 Å². The van der Waals surface area contributed by atoms with Gasteiger partial charge in [-0.2, -0.15) is 4.98 Å². The van der Waals surface area contributed by atoms with Gasteiger partial charge in [0.2, 0.25) is 0 Å². The molecule has 1 aliphatic rings. The van der Waals surface area contributed by atoms with Crippen molar-refractivity contribution in [1.82, 2.24) is 9.55 Å². The number of nitrogens with zero attached hydrogens (tertiary/aromatic N) is 2. The van der Waals surface area contributed by atoms with Crippen LogP contribution in [-0.4, -0.2) is 38.6 Å². The first-order chi connectivity index (χ1) is 8.93. The van der Waals surface area contributed by atoms with E-state index in [1.807, 2.05) is 0 Å². The van der Waals surface area contributed by atoms with Crippen LogP contribution in [0.2, 0.25) is 0 Å². The van der Waals surface area contributed by atoms with Gasteiger partial charge in [-0.15, -0.1) is 6.42 Å². The van der Waals surface area contributed by atoms with Crippen LogP contribution in [0, 0.1) is 17.8 Å². The number of ether oxygens (including phenoxy) is 1. The fraction of sp³-hybridized carbons (Fsp3) is 0.500. The molecular formula is C12H15N3O4. The Kier molecular flexibility index (Phi) is 3.32. The van der Waals surface area contributed by atoms with Gasteiger partial charge in [-0.1, -0.05) is 5.92 Å². The van der Waals surface area contributed by atoms with Crippen molar-refractivity contribution in [2.45, 2.75) is 25.4 Å². The quantitative estimate of drug-likeness (QED) is 0.574. The molecule has 0 aliphatic carbocycles. The van der Waals surface area contributed by atoms with Crippen LogP contribution in [0.5, 0.6) is 0 Å². The summed E-state index contributed by atoms with van der Waals surface area (Å²) >= 11 is 0. The molecule has 1 aromatic heterocycles. The Morgan fingerprint density at radius 2 is 2.42 bits per heavy atom. The zero-order valence-electron chi connectivity index (χ0n) is 10.4. The van der Waals surface area contributed by atoms with Crippen LogP contribution in [0.3, 0.4) is 0 Å². The lowest BCUT2D eigenvalue weighted by atomic mass is 9.83. The van der Waals surface area contributed by atoms with E-state index in [4.69, 9.17) is 22.0 Å². The van der Waals surface area contributed by atoms with Crippen LogP contribution < -0.4 is 11.4 Å². The molecule has 2 rings (SSSR count). The lowest BCUT2D eigenvalue weighted by molar-refractivity contribution is -0.0502. The van der Waals surface area contributed by atoms with Gasteiger partial charge in [0, 0.05) is 6.20 Å². The molecule has 0 radical (unpaired) electrons. The molecule has 2 heterocycles. The molecular weight excluding hydrogens is 250 g/mol. The van der Waals surface area contributed by atoms with Gasteiger partial charge in [0.1, 0.15) is 23.4 Å².